The number of thiocarbonyl (C=S) groups is 1. The topological polar surface area (TPSA) is 69.4 Å². The quantitative estimate of drug-likeness (QED) is 0.858. The van der Waals surface area contributed by atoms with Crippen molar-refractivity contribution < 1.29 is 13.2 Å². The third-order valence-electron chi connectivity index (χ3n) is 2.70. The summed E-state index contributed by atoms with van der Waals surface area (Å²) in [6.07, 6.45) is 0.165. The summed E-state index contributed by atoms with van der Waals surface area (Å²) in [4.78, 5) is 0.256. The summed E-state index contributed by atoms with van der Waals surface area (Å²) >= 11 is 10.9. The van der Waals surface area contributed by atoms with Gasteiger partial charge in [0.1, 0.15) is 16.8 Å². The molecular weight excluding hydrogens is 294 g/mol. The molecule has 1 aromatic rings. The van der Waals surface area contributed by atoms with Crippen LogP contribution in [0.1, 0.15) is 12.0 Å². The van der Waals surface area contributed by atoms with E-state index in [1.165, 1.54) is 0 Å². The van der Waals surface area contributed by atoms with Gasteiger partial charge in [-0.1, -0.05) is 23.8 Å². The van der Waals surface area contributed by atoms with Crippen LogP contribution in [0.15, 0.2) is 18.2 Å². The molecule has 0 bridgehead atoms. The Kier molecular flexibility index (Phi) is 3.79. The van der Waals surface area contributed by atoms with Crippen molar-refractivity contribution in [1.82, 2.24) is 0 Å². The molecule has 2 N–H and O–H groups in total. The molecule has 0 saturated carbocycles. The Morgan fingerprint density at radius 1 is 1.50 bits per heavy atom. The molecule has 1 aliphatic heterocycles. The van der Waals surface area contributed by atoms with E-state index in [1.54, 1.807) is 18.2 Å². The van der Waals surface area contributed by atoms with Crippen molar-refractivity contribution in [2.75, 3.05) is 11.5 Å². The number of sulfone groups is 1. The monoisotopic (exact) mass is 305 g/mol. The first-order valence-corrected chi connectivity index (χ1v) is 7.94. The normalized spacial score (nSPS) is 21.7. The highest BCUT2D eigenvalue weighted by Gasteiger charge is 2.29. The van der Waals surface area contributed by atoms with Gasteiger partial charge in [-0.15, -0.1) is 0 Å². The van der Waals surface area contributed by atoms with Gasteiger partial charge in [0.25, 0.3) is 0 Å². The third kappa shape index (κ3) is 3.13. The number of ether oxygens (including phenoxy) is 1. The van der Waals surface area contributed by atoms with Crippen LogP contribution in [0.4, 0.5) is 0 Å². The van der Waals surface area contributed by atoms with Crippen LogP contribution in [0.25, 0.3) is 0 Å². The Bertz CT molecular complexity index is 586. The van der Waals surface area contributed by atoms with Crippen LogP contribution >= 0.6 is 23.8 Å². The number of hydrogen-bond acceptors (Lipinski definition) is 4. The van der Waals surface area contributed by atoms with Crippen molar-refractivity contribution in [2.24, 2.45) is 5.73 Å². The van der Waals surface area contributed by atoms with Crippen molar-refractivity contribution in [3.63, 3.8) is 0 Å². The predicted molar refractivity (Wildman–Crippen MR) is 75.0 cm³/mol. The van der Waals surface area contributed by atoms with E-state index in [0.717, 1.165) is 0 Å². The minimum absolute atomic E-state index is 0.0420. The average Bonchev–Trinajstić information content (AvgIpc) is 2.61. The van der Waals surface area contributed by atoms with Crippen molar-refractivity contribution in [3.05, 3.63) is 28.8 Å². The first-order chi connectivity index (χ1) is 8.37. The summed E-state index contributed by atoms with van der Waals surface area (Å²) in [6.45, 7) is 0. The second kappa shape index (κ2) is 5.03. The minimum Gasteiger partial charge on any atom is -0.488 e. The molecule has 1 unspecified atom stereocenters. The van der Waals surface area contributed by atoms with E-state index >= 15 is 0 Å². The molecule has 4 nitrogen and oxygen atoms in total. The van der Waals surface area contributed by atoms with Gasteiger partial charge in [0.15, 0.2) is 9.84 Å². The Labute approximate surface area is 116 Å². The Morgan fingerprint density at radius 3 is 2.72 bits per heavy atom. The van der Waals surface area contributed by atoms with E-state index in [9.17, 15) is 8.42 Å². The summed E-state index contributed by atoms with van der Waals surface area (Å²) in [5.41, 5.74) is 6.14. The largest absolute Gasteiger partial charge is 0.488 e. The molecule has 1 aliphatic rings. The van der Waals surface area contributed by atoms with E-state index in [2.05, 4.69) is 0 Å². The lowest BCUT2D eigenvalue weighted by Gasteiger charge is -2.13. The maximum absolute atomic E-state index is 11.3. The number of nitrogens with two attached hydrogens (primary N) is 1. The fraction of sp³-hybridized carbons (Fsp3) is 0.364. The highest BCUT2D eigenvalue weighted by molar-refractivity contribution is 7.91. The molecule has 1 fully saturated rings. The first kappa shape index (κ1) is 13.6. The number of rotatable bonds is 3. The average molecular weight is 306 g/mol. The van der Waals surface area contributed by atoms with Gasteiger partial charge < -0.3 is 10.5 Å². The van der Waals surface area contributed by atoms with Crippen LogP contribution in [-0.2, 0) is 9.84 Å². The summed E-state index contributed by atoms with van der Waals surface area (Å²) in [6, 6.07) is 4.97. The molecule has 18 heavy (non-hydrogen) atoms. The van der Waals surface area contributed by atoms with E-state index < -0.39 is 9.84 Å². The Morgan fingerprint density at radius 2 is 2.22 bits per heavy atom. The zero-order valence-corrected chi connectivity index (χ0v) is 11.8. The summed E-state index contributed by atoms with van der Waals surface area (Å²) in [7, 11) is -2.96. The van der Waals surface area contributed by atoms with Crippen LogP contribution in [0, 0.1) is 0 Å². The Hall–Kier alpha value is -0.850. The van der Waals surface area contributed by atoms with Crippen molar-refractivity contribution in [2.45, 2.75) is 12.5 Å². The number of benzene rings is 1. The standard InChI is InChI=1S/C11H12ClNO3S2/c12-9-5-7(11(13)17)1-2-10(9)16-8-3-4-18(14,15)6-8/h1-2,5,8H,3-4,6H2,(H2,13,17). The number of hydrogen-bond donors (Lipinski definition) is 1. The molecule has 98 valence electrons. The molecule has 1 atom stereocenters. The van der Waals surface area contributed by atoms with Gasteiger partial charge >= 0.3 is 0 Å². The van der Waals surface area contributed by atoms with Crippen LogP contribution in [-0.4, -0.2) is 31.0 Å². The predicted octanol–water partition coefficient (Wildman–Crippen LogP) is 1.54. The van der Waals surface area contributed by atoms with Gasteiger partial charge in [-0.05, 0) is 24.6 Å². The second-order valence-corrected chi connectivity index (χ2v) is 7.23. The highest BCUT2D eigenvalue weighted by Crippen LogP contribution is 2.28. The van der Waals surface area contributed by atoms with Gasteiger partial charge in [-0.2, -0.15) is 0 Å². The molecule has 0 aromatic heterocycles. The smallest absolute Gasteiger partial charge is 0.154 e. The van der Waals surface area contributed by atoms with Gasteiger partial charge in [0.05, 0.1) is 16.5 Å². The molecule has 0 radical (unpaired) electrons. The first-order valence-electron chi connectivity index (χ1n) is 5.34. The van der Waals surface area contributed by atoms with Gasteiger partial charge in [0.2, 0.25) is 0 Å². The molecule has 0 spiro atoms. The second-order valence-electron chi connectivity index (χ2n) is 4.15. The van der Waals surface area contributed by atoms with Crippen LogP contribution in [0.5, 0.6) is 5.75 Å². The van der Waals surface area contributed by atoms with Crippen molar-refractivity contribution in [1.29, 1.82) is 0 Å². The van der Waals surface area contributed by atoms with Crippen molar-refractivity contribution in [3.8, 4) is 5.75 Å². The molecule has 1 heterocycles. The zero-order valence-electron chi connectivity index (χ0n) is 9.43. The summed E-state index contributed by atoms with van der Waals surface area (Å²) < 4.78 is 28.2. The molecule has 1 aromatic carbocycles. The summed E-state index contributed by atoms with van der Waals surface area (Å²) in [5.74, 6) is 0.666. The lowest BCUT2D eigenvalue weighted by atomic mass is 10.2. The number of halogens is 1. The molecule has 0 amide bonds. The molecule has 7 heteroatoms. The van der Waals surface area contributed by atoms with Gasteiger partial charge in [-0.25, -0.2) is 8.42 Å². The fourth-order valence-corrected chi connectivity index (χ4v) is 3.72. The van der Waals surface area contributed by atoms with Crippen molar-refractivity contribution >= 4 is 38.6 Å². The van der Waals surface area contributed by atoms with Crippen LogP contribution in [0.2, 0.25) is 5.02 Å². The molecule has 2 rings (SSSR count). The lowest BCUT2D eigenvalue weighted by Crippen LogP contribution is -2.18. The van der Waals surface area contributed by atoms with Gasteiger partial charge in [-0.3, -0.25) is 0 Å². The molecule has 0 aliphatic carbocycles. The van der Waals surface area contributed by atoms with E-state index in [1.807, 2.05) is 0 Å². The fourth-order valence-electron chi connectivity index (χ4n) is 1.78. The Balaban J connectivity index is 2.13. The van der Waals surface area contributed by atoms with Crippen LogP contribution < -0.4 is 10.5 Å². The summed E-state index contributed by atoms with van der Waals surface area (Å²) in [5, 5.41) is 0.379. The SMILES string of the molecule is NC(=S)c1ccc(OC2CCS(=O)(=O)C2)c(Cl)c1. The van der Waals surface area contributed by atoms with E-state index in [-0.39, 0.29) is 22.6 Å². The maximum Gasteiger partial charge on any atom is 0.154 e. The zero-order chi connectivity index (χ0) is 13.3. The molecule has 1 saturated heterocycles. The van der Waals surface area contributed by atoms with E-state index in [4.69, 9.17) is 34.3 Å². The maximum atomic E-state index is 11.3. The van der Waals surface area contributed by atoms with E-state index in [0.29, 0.717) is 22.8 Å². The molecular formula is C11H12ClNO3S2. The minimum atomic E-state index is -2.96. The van der Waals surface area contributed by atoms with Gasteiger partial charge in [0, 0.05) is 5.56 Å². The lowest BCUT2D eigenvalue weighted by molar-refractivity contribution is 0.229. The third-order valence-corrected chi connectivity index (χ3v) is 4.97. The highest BCUT2D eigenvalue weighted by atomic mass is 35.5. The van der Waals surface area contributed by atoms with Crippen LogP contribution in [0.3, 0.4) is 0 Å².